The van der Waals surface area contributed by atoms with Gasteiger partial charge in [-0.3, -0.25) is 4.79 Å². The fraction of sp³-hybridized carbons (Fsp3) is 0.917. The molecule has 1 fully saturated rings. The molecule has 0 aromatic heterocycles. The van der Waals surface area contributed by atoms with E-state index in [0.717, 1.165) is 44.8 Å². The van der Waals surface area contributed by atoms with Crippen LogP contribution in [0.25, 0.3) is 0 Å². The van der Waals surface area contributed by atoms with Crippen LogP contribution in [-0.2, 0) is 4.79 Å². The van der Waals surface area contributed by atoms with E-state index in [2.05, 4.69) is 12.2 Å². The Morgan fingerprint density at radius 2 is 2.00 bits per heavy atom. The number of carbonyl (C=O) groups excluding carboxylic acids is 1. The molecule has 1 amide bonds. The predicted octanol–water partition coefficient (Wildman–Crippen LogP) is 2.06. The maximum atomic E-state index is 11.7. The molecule has 3 nitrogen and oxygen atoms in total. The highest BCUT2D eigenvalue weighted by molar-refractivity contribution is 5.85. The Morgan fingerprint density at radius 3 is 2.50 bits per heavy atom. The van der Waals surface area contributed by atoms with E-state index in [1.165, 1.54) is 12.8 Å². The Labute approximate surface area is 105 Å². The summed E-state index contributed by atoms with van der Waals surface area (Å²) in [7, 11) is 2.00. The number of rotatable bonds is 5. The summed E-state index contributed by atoms with van der Waals surface area (Å²) in [4.78, 5) is 13.8. The van der Waals surface area contributed by atoms with Gasteiger partial charge in [0, 0.05) is 19.5 Å². The summed E-state index contributed by atoms with van der Waals surface area (Å²) in [6, 6.07) is 0. The quantitative estimate of drug-likeness (QED) is 0.808. The van der Waals surface area contributed by atoms with Crippen LogP contribution in [0, 0.1) is 5.92 Å². The summed E-state index contributed by atoms with van der Waals surface area (Å²) < 4.78 is 0. The van der Waals surface area contributed by atoms with Crippen molar-refractivity contribution in [3.05, 3.63) is 0 Å². The zero-order valence-electron chi connectivity index (χ0n) is 10.5. The molecule has 0 aromatic rings. The highest BCUT2D eigenvalue weighted by atomic mass is 35.5. The standard InChI is InChI=1S/C12H24N2O.ClH/c1-3-4-5-12(15)14-8-6-11(7-9-14)10-13-2;/h11,13H,3-10H2,1-2H3;1H. The van der Waals surface area contributed by atoms with Crippen molar-refractivity contribution in [2.75, 3.05) is 26.7 Å². The Hall–Kier alpha value is -0.280. The number of hydrogen-bond donors (Lipinski definition) is 1. The summed E-state index contributed by atoms with van der Waals surface area (Å²) in [6.45, 7) is 5.16. The van der Waals surface area contributed by atoms with Crippen molar-refractivity contribution in [3.63, 3.8) is 0 Å². The highest BCUT2D eigenvalue weighted by Gasteiger charge is 2.21. The van der Waals surface area contributed by atoms with Gasteiger partial charge < -0.3 is 10.2 Å². The first-order chi connectivity index (χ1) is 7.27. The minimum Gasteiger partial charge on any atom is -0.343 e. The average Bonchev–Trinajstić information content (AvgIpc) is 2.27. The van der Waals surface area contributed by atoms with Crippen LogP contribution in [0.2, 0.25) is 0 Å². The van der Waals surface area contributed by atoms with Crippen molar-refractivity contribution >= 4 is 18.3 Å². The molecule has 0 aromatic carbocycles. The third kappa shape index (κ3) is 5.17. The predicted molar refractivity (Wildman–Crippen MR) is 70.0 cm³/mol. The zero-order chi connectivity index (χ0) is 11.1. The van der Waals surface area contributed by atoms with Crippen molar-refractivity contribution in [2.24, 2.45) is 5.92 Å². The molecule has 0 aliphatic carbocycles. The molecule has 1 N–H and O–H groups in total. The molecular weight excluding hydrogens is 224 g/mol. The Kier molecular flexibility index (Phi) is 8.67. The van der Waals surface area contributed by atoms with Gasteiger partial charge in [0.2, 0.25) is 5.91 Å². The van der Waals surface area contributed by atoms with Gasteiger partial charge in [0.25, 0.3) is 0 Å². The summed E-state index contributed by atoms with van der Waals surface area (Å²) >= 11 is 0. The molecule has 1 saturated heterocycles. The van der Waals surface area contributed by atoms with E-state index in [1.54, 1.807) is 0 Å². The lowest BCUT2D eigenvalue weighted by Crippen LogP contribution is -2.40. The topological polar surface area (TPSA) is 32.3 Å². The van der Waals surface area contributed by atoms with E-state index in [4.69, 9.17) is 0 Å². The molecule has 1 heterocycles. The van der Waals surface area contributed by atoms with Crippen LogP contribution in [0.15, 0.2) is 0 Å². The van der Waals surface area contributed by atoms with E-state index < -0.39 is 0 Å². The second kappa shape index (κ2) is 8.82. The smallest absolute Gasteiger partial charge is 0.222 e. The Balaban J connectivity index is 0.00000225. The molecule has 1 aliphatic rings. The van der Waals surface area contributed by atoms with Gasteiger partial charge in [0.1, 0.15) is 0 Å². The van der Waals surface area contributed by atoms with Gasteiger partial charge in [-0.2, -0.15) is 0 Å². The number of unbranched alkanes of at least 4 members (excludes halogenated alkanes) is 1. The van der Waals surface area contributed by atoms with Crippen LogP contribution in [-0.4, -0.2) is 37.5 Å². The zero-order valence-corrected chi connectivity index (χ0v) is 11.3. The van der Waals surface area contributed by atoms with E-state index in [1.807, 2.05) is 11.9 Å². The molecule has 96 valence electrons. The number of amides is 1. The van der Waals surface area contributed by atoms with Crippen molar-refractivity contribution in [2.45, 2.75) is 39.0 Å². The lowest BCUT2D eigenvalue weighted by atomic mass is 9.96. The molecule has 1 aliphatic heterocycles. The van der Waals surface area contributed by atoms with Gasteiger partial charge in [-0.25, -0.2) is 0 Å². The number of nitrogens with zero attached hydrogens (tertiary/aromatic N) is 1. The first-order valence-electron chi connectivity index (χ1n) is 6.20. The minimum absolute atomic E-state index is 0. The van der Waals surface area contributed by atoms with E-state index in [0.29, 0.717) is 5.91 Å². The number of likely N-dealkylation sites (tertiary alicyclic amines) is 1. The lowest BCUT2D eigenvalue weighted by molar-refractivity contribution is -0.132. The normalized spacial score (nSPS) is 17.0. The molecule has 1 rings (SSSR count). The molecule has 0 atom stereocenters. The maximum Gasteiger partial charge on any atom is 0.222 e. The van der Waals surface area contributed by atoms with Gasteiger partial charge in [-0.15, -0.1) is 12.4 Å². The van der Waals surface area contributed by atoms with Crippen molar-refractivity contribution in [1.82, 2.24) is 10.2 Å². The lowest BCUT2D eigenvalue weighted by Gasteiger charge is -2.32. The third-order valence-corrected chi connectivity index (χ3v) is 3.20. The molecule has 0 unspecified atom stereocenters. The van der Waals surface area contributed by atoms with Crippen LogP contribution in [0.3, 0.4) is 0 Å². The molecule has 0 saturated carbocycles. The summed E-state index contributed by atoms with van der Waals surface area (Å²) in [5, 5.41) is 3.21. The van der Waals surface area contributed by atoms with Crippen molar-refractivity contribution in [3.8, 4) is 0 Å². The average molecular weight is 249 g/mol. The number of hydrogen-bond acceptors (Lipinski definition) is 2. The second-order valence-corrected chi connectivity index (χ2v) is 4.49. The molecule has 0 bridgehead atoms. The summed E-state index contributed by atoms with van der Waals surface area (Å²) in [5.74, 6) is 1.13. The Bertz CT molecular complexity index is 191. The number of nitrogens with one attached hydrogen (secondary N) is 1. The molecule has 4 heteroatoms. The third-order valence-electron chi connectivity index (χ3n) is 3.20. The fourth-order valence-electron chi connectivity index (χ4n) is 2.16. The van der Waals surface area contributed by atoms with Gasteiger partial charge in [0.15, 0.2) is 0 Å². The van der Waals surface area contributed by atoms with Crippen molar-refractivity contribution < 1.29 is 4.79 Å². The SMILES string of the molecule is CCCCC(=O)N1CCC(CNC)CC1.Cl. The highest BCUT2D eigenvalue weighted by Crippen LogP contribution is 2.17. The second-order valence-electron chi connectivity index (χ2n) is 4.49. The monoisotopic (exact) mass is 248 g/mol. The molecule has 0 radical (unpaired) electrons. The van der Waals surface area contributed by atoms with E-state index in [-0.39, 0.29) is 12.4 Å². The van der Waals surface area contributed by atoms with E-state index >= 15 is 0 Å². The van der Waals surface area contributed by atoms with E-state index in [9.17, 15) is 4.79 Å². The van der Waals surface area contributed by atoms with Gasteiger partial charge in [-0.1, -0.05) is 13.3 Å². The van der Waals surface area contributed by atoms with Crippen LogP contribution in [0.5, 0.6) is 0 Å². The van der Waals surface area contributed by atoms with Crippen LogP contribution in [0.4, 0.5) is 0 Å². The van der Waals surface area contributed by atoms with Gasteiger partial charge >= 0.3 is 0 Å². The Morgan fingerprint density at radius 1 is 1.38 bits per heavy atom. The van der Waals surface area contributed by atoms with Gasteiger partial charge in [-0.05, 0) is 38.8 Å². The number of carbonyl (C=O) groups is 1. The van der Waals surface area contributed by atoms with Crippen molar-refractivity contribution in [1.29, 1.82) is 0 Å². The summed E-state index contributed by atoms with van der Waals surface area (Å²) in [5.41, 5.74) is 0. The summed E-state index contributed by atoms with van der Waals surface area (Å²) in [6.07, 6.45) is 5.22. The van der Waals surface area contributed by atoms with Crippen LogP contribution < -0.4 is 5.32 Å². The molecule has 16 heavy (non-hydrogen) atoms. The largest absolute Gasteiger partial charge is 0.343 e. The van der Waals surface area contributed by atoms with Crippen LogP contribution >= 0.6 is 12.4 Å². The van der Waals surface area contributed by atoms with Crippen LogP contribution in [0.1, 0.15) is 39.0 Å². The molecular formula is C12H25ClN2O. The first kappa shape index (κ1) is 15.7. The number of piperidine rings is 1. The molecule has 0 spiro atoms. The minimum atomic E-state index is 0. The number of halogens is 1. The fourth-order valence-corrected chi connectivity index (χ4v) is 2.16. The first-order valence-corrected chi connectivity index (χ1v) is 6.20. The van der Waals surface area contributed by atoms with Gasteiger partial charge in [0.05, 0.1) is 0 Å². The maximum absolute atomic E-state index is 11.7.